The lowest BCUT2D eigenvalue weighted by molar-refractivity contribution is -0.136. The van der Waals surface area contributed by atoms with Crippen LogP contribution in [0.15, 0.2) is 24.3 Å². The number of fused-ring (bicyclic) bond motifs is 1. The summed E-state index contributed by atoms with van der Waals surface area (Å²) in [5, 5.41) is 8.24. The van der Waals surface area contributed by atoms with E-state index >= 15 is 0 Å². The molecule has 0 aliphatic heterocycles. The van der Waals surface area contributed by atoms with Crippen molar-refractivity contribution in [3.05, 3.63) is 41.3 Å². The van der Waals surface area contributed by atoms with Crippen molar-refractivity contribution in [3.63, 3.8) is 0 Å². The molecule has 17 heavy (non-hydrogen) atoms. The van der Waals surface area contributed by atoms with Gasteiger partial charge >= 0.3 is 6.18 Å². The van der Waals surface area contributed by atoms with Crippen LogP contribution in [0.3, 0.4) is 0 Å². The van der Waals surface area contributed by atoms with Gasteiger partial charge in [0, 0.05) is 5.39 Å². The van der Waals surface area contributed by atoms with Crippen LogP contribution in [0.25, 0.3) is 10.9 Å². The second kappa shape index (κ2) is 3.70. The highest BCUT2D eigenvalue weighted by Crippen LogP contribution is 2.34. The molecule has 0 N–H and O–H groups in total. The molecule has 0 saturated carbocycles. The molecule has 2 nitrogen and oxygen atoms in total. The molecular weight excluding hydrogens is 236 g/mol. The Bertz CT molecular complexity index is 626. The largest absolute Gasteiger partial charge is 0.417 e. The predicted molar refractivity (Wildman–Crippen MR) is 51.4 cm³/mol. The maximum Gasteiger partial charge on any atom is 0.417 e. The standard InChI is InChI=1S/C11H4F4N2/c12-6-1-2-10-8(3-6)9(11(13,14)15)4-7(5-16)17-10/h1-4H. The predicted octanol–water partition coefficient (Wildman–Crippen LogP) is 3.26. The Balaban J connectivity index is 2.88. The van der Waals surface area contributed by atoms with E-state index in [4.69, 9.17) is 5.26 Å². The maximum atomic E-state index is 12.9. The summed E-state index contributed by atoms with van der Waals surface area (Å²) in [6.07, 6.45) is -4.65. The fourth-order valence-electron chi connectivity index (χ4n) is 1.49. The summed E-state index contributed by atoms with van der Waals surface area (Å²) >= 11 is 0. The number of halogens is 4. The SMILES string of the molecule is N#Cc1cc(C(F)(F)F)c2cc(F)ccc2n1. The number of hydrogen-bond donors (Lipinski definition) is 0. The van der Waals surface area contributed by atoms with E-state index in [-0.39, 0.29) is 16.6 Å². The molecule has 0 bridgehead atoms. The summed E-state index contributed by atoms with van der Waals surface area (Å²) in [6.45, 7) is 0. The van der Waals surface area contributed by atoms with Crippen LogP contribution in [0.2, 0.25) is 0 Å². The molecule has 0 amide bonds. The maximum absolute atomic E-state index is 12.9. The third-order valence-corrected chi connectivity index (χ3v) is 2.19. The van der Waals surface area contributed by atoms with E-state index in [1.807, 2.05) is 0 Å². The number of hydrogen-bond acceptors (Lipinski definition) is 2. The molecule has 0 fully saturated rings. The number of nitrogens with zero attached hydrogens (tertiary/aromatic N) is 2. The zero-order chi connectivity index (χ0) is 12.6. The van der Waals surface area contributed by atoms with Gasteiger partial charge in [-0.15, -0.1) is 0 Å². The highest BCUT2D eigenvalue weighted by atomic mass is 19.4. The van der Waals surface area contributed by atoms with Crippen molar-refractivity contribution in [1.29, 1.82) is 5.26 Å². The Morgan fingerprint density at radius 2 is 1.88 bits per heavy atom. The Kier molecular flexibility index (Phi) is 2.46. The van der Waals surface area contributed by atoms with E-state index in [9.17, 15) is 17.6 Å². The van der Waals surface area contributed by atoms with Gasteiger partial charge in [-0.1, -0.05) is 0 Å². The summed E-state index contributed by atoms with van der Waals surface area (Å²) in [7, 11) is 0. The van der Waals surface area contributed by atoms with E-state index in [2.05, 4.69) is 4.98 Å². The van der Waals surface area contributed by atoms with Crippen LogP contribution >= 0.6 is 0 Å². The Morgan fingerprint density at radius 3 is 2.47 bits per heavy atom. The smallest absolute Gasteiger partial charge is 0.237 e. The van der Waals surface area contributed by atoms with Crippen molar-refractivity contribution < 1.29 is 17.6 Å². The summed E-state index contributed by atoms with van der Waals surface area (Å²) in [4.78, 5) is 3.68. The van der Waals surface area contributed by atoms with Crippen LogP contribution in [0.1, 0.15) is 11.3 Å². The Labute approximate surface area is 93.1 Å². The van der Waals surface area contributed by atoms with Crippen molar-refractivity contribution in [3.8, 4) is 6.07 Å². The number of aromatic nitrogens is 1. The Hall–Kier alpha value is -2.16. The first kappa shape index (κ1) is 11.3. The molecule has 0 unspecified atom stereocenters. The average Bonchev–Trinajstić information content (AvgIpc) is 2.26. The van der Waals surface area contributed by atoms with Gasteiger partial charge in [0.05, 0.1) is 11.1 Å². The first-order valence-corrected chi connectivity index (χ1v) is 4.49. The molecule has 6 heteroatoms. The average molecular weight is 240 g/mol. The lowest BCUT2D eigenvalue weighted by atomic mass is 10.1. The van der Waals surface area contributed by atoms with Crippen molar-refractivity contribution in [2.24, 2.45) is 0 Å². The molecule has 0 radical (unpaired) electrons. The van der Waals surface area contributed by atoms with Crippen molar-refractivity contribution in [1.82, 2.24) is 4.98 Å². The van der Waals surface area contributed by atoms with Gasteiger partial charge in [0.15, 0.2) is 0 Å². The highest BCUT2D eigenvalue weighted by Gasteiger charge is 2.33. The van der Waals surface area contributed by atoms with Gasteiger partial charge in [-0.3, -0.25) is 0 Å². The van der Waals surface area contributed by atoms with Crippen LogP contribution in [0.4, 0.5) is 17.6 Å². The van der Waals surface area contributed by atoms with E-state index in [0.29, 0.717) is 6.07 Å². The minimum atomic E-state index is -4.65. The lowest BCUT2D eigenvalue weighted by Gasteiger charge is -2.10. The molecule has 1 heterocycles. The van der Waals surface area contributed by atoms with E-state index in [0.717, 1.165) is 18.2 Å². The van der Waals surface area contributed by atoms with Crippen LogP contribution in [0, 0.1) is 17.1 Å². The Morgan fingerprint density at radius 1 is 1.18 bits per heavy atom. The van der Waals surface area contributed by atoms with Gasteiger partial charge in [0.1, 0.15) is 17.6 Å². The minimum Gasteiger partial charge on any atom is -0.237 e. The summed E-state index contributed by atoms with van der Waals surface area (Å²) in [6, 6.07) is 5.02. The van der Waals surface area contributed by atoms with Crippen LogP contribution in [-0.4, -0.2) is 4.98 Å². The summed E-state index contributed by atoms with van der Waals surface area (Å²) in [5.74, 6) is -0.783. The van der Waals surface area contributed by atoms with Gasteiger partial charge < -0.3 is 0 Å². The molecule has 0 spiro atoms. The molecule has 2 rings (SSSR count). The highest BCUT2D eigenvalue weighted by molar-refractivity contribution is 5.83. The van der Waals surface area contributed by atoms with Crippen molar-refractivity contribution in [2.75, 3.05) is 0 Å². The summed E-state index contributed by atoms with van der Waals surface area (Å²) < 4.78 is 51.0. The molecule has 0 atom stereocenters. The van der Waals surface area contributed by atoms with Crippen molar-refractivity contribution in [2.45, 2.75) is 6.18 Å². The van der Waals surface area contributed by atoms with Crippen molar-refractivity contribution >= 4 is 10.9 Å². The molecule has 1 aromatic heterocycles. The number of rotatable bonds is 0. The number of benzene rings is 1. The van der Waals surface area contributed by atoms with Crippen LogP contribution < -0.4 is 0 Å². The fraction of sp³-hybridized carbons (Fsp3) is 0.0909. The quantitative estimate of drug-likeness (QED) is 0.662. The van der Waals surface area contributed by atoms with E-state index < -0.39 is 17.6 Å². The molecule has 0 aliphatic carbocycles. The van der Waals surface area contributed by atoms with Gasteiger partial charge in [0.25, 0.3) is 0 Å². The number of nitriles is 1. The number of alkyl halides is 3. The zero-order valence-corrected chi connectivity index (χ0v) is 8.22. The van der Waals surface area contributed by atoms with E-state index in [1.165, 1.54) is 0 Å². The van der Waals surface area contributed by atoms with Gasteiger partial charge in [-0.25, -0.2) is 9.37 Å². The van der Waals surface area contributed by atoms with Gasteiger partial charge in [-0.2, -0.15) is 18.4 Å². The minimum absolute atomic E-state index is 0.0576. The first-order chi connectivity index (χ1) is 7.91. The molecule has 86 valence electrons. The topological polar surface area (TPSA) is 36.7 Å². The molecule has 0 saturated heterocycles. The summed E-state index contributed by atoms with van der Waals surface area (Å²) in [5.41, 5.74) is -1.47. The number of pyridine rings is 1. The monoisotopic (exact) mass is 240 g/mol. The fourth-order valence-corrected chi connectivity index (χ4v) is 1.49. The second-order valence-corrected chi connectivity index (χ2v) is 3.33. The molecular formula is C11H4F4N2. The second-order valence-electron chi connectivity index (χ2n) is 3.33. The molecule has 2 aromatic rings. The normalized spacial score (nSPS) is 11.5. The molecule has 0 aliphatic rings. The van der Waals surface area contributed by atoms with Crippen LogP contribution in [-0.2, 0) is 6.18 Å². The lowest BCUT2D eigenvalue weighted by Crippen LogP contribution is -2.07. The third kappa shape index (κ3) is 2.04. The third-order valence-electron chi connectivity index (χ3n) is 2.19. The van der Waals surface area contributed by atoms with Gasteiger partial charge in [0.2, 0.25) is 0 Å². The van der Waals surface area contributed by atoms with Crippen LogP contribution in [0.5, 0.6) is 0 Å². The molecule has 1 aromatic carbocycles. The first-order valence-electron chi connectivity index (χ1n) is 4.49. The zero-order valence-electron chi connectivity index (χ0n) is 8.22. The van der Waals surface area contributed by atoms with E-state index in [1.54, 1.807) is 6.07 Å². The van der Waals surface area contributed by atoms with Gasteiger partial charge in [-0.05, 0) is 24.3 Å².